The molecule has 2 aliphatic rings. The third kappa shape index (κ3) is 3.73. The molecule has 2 saturated heterocycles. The summed E-state index contributed by atoms with van der Waals surface area (Å²) in [5.74, 6) is 1.32. The van der Waals surface area contributed by atoms with Crippen LogP contribution in [0.1, 0.15) is 26.2 Å². The minimum absolute atomic E-state index is 0.196. The van der Waals surface area contributed by atoms with E-state index in [9.17, 15) is 0 Å². The molecule has 0 radical (unpaired) electrons. The van der Waals surface area contributed by atoms with Crippen LogP contribution < -0.4 is 9.64 Å². The first kappa shape index (κ1) is 19.2. The van der Waals surface area contributed by atoms with Gasteiger partial charge in [-0.2, -0.15) is 0 Å². The van der Waals surface area contributed by atoms with E-state index in [-0.39, 0.29) is 5.54 Å². The lowest BCUT2D eigenvalue weighted by molar-refractivity contribution is 0.0371. The van der Waals surface area contributed by atoms with E-state index in [2.05, 4.69) is 45.9 Å². The van der Waals surface area contributed by atoms with Crippen molar-refractivity contribution in [3.05, 3.63) is 24.3 Å². The minimum atomic E-state index is 0.196. The number of piperazine rings is 1. The molecule has 7 heteroatoms. The average Bonchev–Trinajstić information content (AvgIpc) is 3.21. The highest BCUT2D eigenvalue weighted by molar-refractivity contribution is 5.62. The number of anilines is 1. The maximum Gasteiger partial charge on any atom is 0.318 e. The van der Waals surface area contributed by atoms with Crippen LogP contribution in [0.5, 0.6) is 5.75 Å². The van der Waals surface area contributed by atoms with Crippen molar-refractivity contribution in [1.29, 1.82) is 0 Å². The van der Waals surface area contributed by atoms with Gasteiger partial charge >= 0.3 is 6.01 Å². The molecule has 2 fully saturated rings. The molecule has 0 unspecified atom stereocenters. The van der Waals surface area contributed by atoms with E-state index in [1.165, 1.54) is 12.8 Å². The zero-order valence-corrected chi connectivity index (χ0v) is 17.2. The maximum absolute atomic E-state index is 6.11. The number of likely N-dealkylation sites (tertiary alicyclic amines) is 1. The monoisotopic (exact) mass is 385 g/mol. The third-order valence-corrected chi connectivity index (χ3v) is 6.18. The van der Waals surface area contributed by atoms with E-state index < -0.39 is 0 Å². The SMILES string of the molecule is CCCOc1ccccc1-c1nnc(N2CCN(C)C3(CCN(C)CC3)C2)o1. The number of likely N-dealkylation sites (N-methyl/N-ethyl adjacent to an activating group) is 1. The Labute approximate surface area is 167 Å². The Morgan fingerprint density at radius 2 is 1.86 bits per heavy atom. The van der Waals surface area contributed by atoms with Crippen molar-refractivity contribution in [3.8, 4) is 17.2 Å². The lowest BCUT2D eigenvalue weighted by Gasteiger charge is -2.52. The van der Waals surface area contributed by atoms with Crippen molar-refractivity contribution < 1.29 is 9.15 Å². The van der Waals surface area contributed by atoms with Gasteiger partial charge in [0.1, 0.15) is 5.75 Å². The zero-order chi connectivity index (χ0) is 19.6. The van der Waals surface area contributed by atoms with Crippen molar-refractivity contribution in [3.63, 3.8) is 0 Å². The first-order valence-electron chi connectivity index (χ1n) is 10.3. The molecule has 4 rings (SSSR count). The van der Waals surface area contributed by atoms with Gasteiger partial charge in [0, 0.05) is 25.2 Å². The largest absolute Gasteiger partial charge is 0.493 e. The highest BCUT2D eigenvalue weighted by Gasteiger charge is 2.42. The van der Waals surface area contributed by atoms with Crippen LogP contribution in [-0.4, -0.2) is 79.0 Å². The fraction of sp³-hybridized carbons (Fsp3) is 0.619. The van der Waals surface area contributed by atoms with Gasteiger partial charge < -0.3 is 19.0 Å². The molecule has 152 valence electrons. The van der Waals surface area contributed by atoms with Crippen LogP contribution in [0, 0.1) is 0 Å². The number of rotatable bonds is 5. The molecule has 0 saturated carbocycles. The van der Waals surface area contributed by atoms with Gasteiger partial charge in [-0.15, -0.1) is 5.10 Å². The summed E-state index contributed by atoms with van der Waals surface area (Å²) in [6, 6.07) is 8.49. The first-order chi connectivity index (χ1) is 13.6. The summed E-state index contributed by atoms with van der Waals surface area (Å²) < 4.78 is 12.0. The molecule has 0 amide bonds. The lowest BCUT2D eigenvalue weighted by atomic mass is 9.84. The number of aromatic nitrogens is 2. The second-order valence-electron chi connectivity index (χ2n) is 8.11. The Bertz CT molecular complexity index is 785. The molecule has 1 aromatic carbocycles. The third-order valence-electron chi connectivity index (χ3n) is 6.18. The van der Waals surface area contributed by atoms with Crippen LogP contribution in [0.25, 0.3) is 11.5 Å². The van der Waals surface area contributed by atoms with Crippen LogP contribution in [0.2, 0.25) is 0 Å². The normalized spacial score (nSPS) is 20.6. The Hall–Kier alpha value is -2.12. The molecule has 28 heavy (non-hydrogen) atoms. The van der Waals surface area contributed by atoms with Crippen LogP contribution in [0.15, 0.2) is 28.7 Å². The summed E-state index contributed by atoms with van der Waals surface area (Å²) in [5, 5.41) is 8.72. The minimum Gasteiger partial charge on any atom is -0.493 e. The Balaban J connectivity index is 1.53. The van der Waals surface area contributed by atoms with Gasteiger partial charge in [-0.05, 0) is 58.6 Å². The van der Waals surface area contributed by atoms with Crippen LogP contribution in [0.4, 0.5) is 6.01 Å². The quantitative estimate of drug-likeness (QED) is 0.784. The molecule has 0 N–H and O–H groups in total. The van der Waals surface area contributed by atoms with Crippen LogP contribution >= 0.6 is 0 Å². The predicted octanol–water partition coefficient (Wildman–Crippen LogP) is 2.74. The second-order valence-corrected chi connectivity index (χ2v) is 8.11. The number of hydrogen-bond donors (Lipinski definition) is 0. The smallest absolute Gasteiger partial charge is 0.318 e. The van der Waals surface area contributed by atoms with Crippen molar-refractivity contribution >= 4 is 6.01 Å². The molecule has 3 heterocycles. The standard InChI is InChI=1S/C21H31N5O2/c1-4-15-27-18-8-6-5-7-17(18)19-22-23-20(28-19)26-14-13-25(3)21(16-26)9-11-24(2)12-10-21/h5-8H,4,9-16H2,1-3H3. The number of ether oxygens (including phenoxy) is 1. The van der Waals surface area contributed by atoms with Crippen LogP contribution in [-0.2, 0) is 0 Å². The molecule has 0 aliphatic carbocycles. The van der Waals surface area contributed by atoms with E-state index in [1.807, 2.05) is 24.3 Å². The fourth-order valence-electron chi connectivity index (χ4n) is 4.23. The average molecular weight is 386 g/mol. The van der Waals surface area contributed by atoms with Gasteiger partial charge in [-0.1, -0.05) is 24.2 Å². The van der Waals surface area contributed by atoms with Crippen molar-refractivity contribution in [1.82, 2.24) is 20.0 Å². The summed E-state index contributed by atoms with van der Waals surface area (Å²) in [4.78, 5) is 7.20. The number of piperidine rings is 1. The Morgan fingerprint density at radius 1 is 1.07 bits per heavy atom. The lowest BCUT2D eigenvalue weighted by Crippen LogP contribution is -2.64. The topological polar surface area (TPSA) is 57.9 Å². The van der Waals surface area contributed by atoms with Gasteiger partial charge in [0.05, 0.1) is 12.2 Å². The van der Waals surface area contributed by atoms with Crippen molar-refractivity contribution in [2.24, 2.45) is 0 Å². The van der Waals surface area contributed by atoms with E-state index in [0.717, 1.165) is 50.5 Å². The van der Waals surface area contributed by atoms with E-state index >= 15 is 0 Å². The van der Waals surface area contributed by atoms with Gasteiger partial charge in [0.15, 0.2) is 0 Å². The Morgan fingerprint density at radius 3 is 2.64 bits per heavy atom. The molecule has 1 aromatic heterocycles. The molecule has 0 bridgehead atoms. The highest BCUT2D eigenvalue weighted by atomic mass is 16.5. The maximum atomic E-state index is 6.11. The molecule has 7 nitrogen and oxygen atoms in total. The van der Waals surface area contributed by atoms with Gasteiger partial charge in [0.2, 0.25) is 0 Å². The summed E-state index contributed by atoms with van der Waals surface area (Å²) in [5.41, 5.74) is 1.06. The van der Waals surface area contributed by atoms with Crippen molar-refractivity contribution in [2.45, 2.75) is 31.7 Å². The molecule has 0 atom stereocenters. The van der Waals surface area contributed by atoms with Gasteiger partial charge in [-0.3, -0.25) is 4.90 Å². The second kappa shape index (κ2) is 8.09. The number of benzene rings is 1. The van der Waals surface area contributed by atoms with Crippen molar-refractivity contribution in [2.75, 3.05) is 58.3 Å². The Kier molecular flexibility index (Phi) is 5.55. The summed E-state index contributed by atoms with van der Waals surface area (Å²) in [7, 11) is 4.46. The number of para-hydroxylation sites is 1. The summed E-state index contributed by atoms with van der Waals surface area (Å²) in [6.45, 7) is 7.90. The van der Waals surface area contributed by atoms with E-state index in [0.29, 0.717) is 18.5 Å². The first-order valence-corrected chi connectivity index (χ1v) is 10.3. The van der Waals surface area contributed by atoms with E-state index in [4.69, 9.17) is 9.15 Å². The molecule has 1 spiro atoms. The van der Waals surface area contributed by atoms with E-state index in [1.54, 1.807) is 0 Å². The molecule has 2 aromatic rings. The molecule has 2 aliphatic heterocycles. The van der Waals surface area contributed by atoms with Crippen LogP contribution in [0.3, 0.4) is 0 Å². The molecular weight excluding hydrogens is 354 g/mol. The highest BCUT2D eigenvalue weighted by Crippen LogP contribution is 2.35. The molecular formula is C21H31N5O2. The number of nitrogens with zero attached hydrogens (tertiary/aromatic N) is 5. The van der Waals surface area contributed by atoms with Gasteiger partial charge in [0.25, 0.3) is 5.89 Å². The predicted molar refractivity (Wildman–Crippen MR) is 110 cm³/mol. The summed E-state index contributed by atoms with van der Waals surface area (Å²) >= 11 is 0. The zero-order valence-electron chi connectivity index (χ0n) is 17.2. The van der Waals surface area contributed by atoms with Gasteiger partial charge in [-0.25, -0.2) is 0 Å². The number of hydrogen-bond acceptors (Lipinski definition) is 7. The summed E-state index contributed by atoms with van der Waals surface area (Å²) in [6.07, 6.45) is 3.30. The fourth-order valence-corrected chi connectivity index (χ4v) is 4.23.